The molecule has 0 bridgehead atoms. The van der Waals surface area contributed by atoms with E-state index in [0.717, 1.165) is 0 Å². The highest BCUT2D eigenvalue weighted by molar-refractivity contribution is 5.93. The lowest BCUT2D eigenvalue weighted by atomic mass is 10.1. The smallest absolute Gasteiger partial charge is 0.335 e. The minimum Gasteiger partial charge on any atom is -0.478 e. The first-order valence-corrected chi connectivity index (χ1v) is 6.38. The Morgan fingerprint density at radius 3 is 2.67 bits per heavy atom. The van der Waals surface area contributed by atoms with Crippen molar-refractivity contribution in [3.63, 3.8) is 0 Å². The molecule has 0 saturated heterocycles. The van der Waals surface area contributed by atoms with Crippen LogP contribution >= 0.6 is 0 Å². The third-order valence-corrected chi connectivity index (χ3v) is 2.88. The molecule has 2 N–H and O–H groups in total. The number of aromatic carboxylic acids is 1. The number of hydrogen-bond acceptors (Lipinski definition) is 5. The second-order valence-corrected chi connectivity index (χ2v) is 4.62. The number of hydrogen-bond donors (Lipinski definition) is 2. The van der Waals surface area contributed by atoms with E-state index < -0.39 is 5.97 Å². The van der Waals surface area contributed by atoms with Crippen LogP contribution in [0.1, 0.15) is 34.1 Å². The van der Waals surface area contributed by atoms with Crippen LogP contribution in [0.25, 0.3) is 0 Å². The molecule has 7 nitrogen and oxygen atoms in total. The molecule has 7 heteroatoms. The third kappa shape index (κ3) is 3.88. The van der Waals surface area contributed by atoms with Gasteiger partial charge in [0.25, 0.3) is 0 Å². The van der Waals surface area contributed by atoms with Crippen LogP contribution in [0, 0.1) is 13.8 Å². The van der Waals surface area contributed by atoms with Crippen LogP contribution in [-0.2, 0) is 11.2 Å². The van der Waals surface area contributed by atoms with Gasteiger partial charge >= 0.3 is 5.97 Å². The van der Waals surface area contributed by atoms with E-state index in [1.807, 2.05) is 0 Å². The Hall–Kier alpha value is -2.70. The summed E-state index contributed by atoms with van der Waals surface area (Å²) in [5.74, 6) is -0.245. The molecule has 0 fully saturated rings. The molecular weight excluding hydrogens is 274 g/mol. The normalized spacial score (nSPS) is 10.4. The number of anilines is 1. The number of nitrogens with one attached hydrogen (secondary N) is 1. The number of carbonyl (C=O) groups is 2. The van der Waals surface area contributed by atoms with Gasteiger partial charge in [-0.3, -0.25) is 4.79 Å². The first-order chi connectivity index (χ1) is 9.95. The van der Waals surface area contributed by atoms with Gasteiger partial charge in [-0.15, -0.1) is 0 Å². The van der Waals surface area contributed by atoms with E-state index in [0.29, 0.717) is 29.4 Å². The van der Waals surface area contributed by atoms with Gasteiger partial charge in [-0.2, -0.15) is 4.98 Å². The lowest BCUT2D eigenvalue weighted by Crippen LogP contribution is -2.13. The number of benzene rings is 1. The molecule has 2 aromatic rings. The van der Waals surface area contributed by atoms with E-state index in [1.165, 1.54) is 12.1 Å². The average molecular weight is 289 g/mol. The van der Waals surface area contributed by atoms with Crippen LogP contribution in [-0.4, -0.2) is 27.1 Å². The molecule has 0 atom stereocenters. The number of aryl methyl sites for hydroxylation is 3. The van der Waals surface area contributed by atoms with Gasteiger partial charge in [-0.05, 0) is 37.6 Å². The van der Waals surface area contributed by atoms with Crippen molar-refractivity contribution in [3.8, 4) is 0 Å². The van der Waals surface area contributed by atoms with E-state index in [9.17, 15) is 9.59 Å². The predicted molar refractivity (Wildman–Crippen MR) is 74.1 cm³/mol. The summed E-state index contributed by atoms with van der Waals surface area (Å²) in [6, 6.07) is 4.54. The molecule has 0 radical (unpaired) electrons. The molecule has 0 spiro atoms. The van der Waals surface area contributed by atoms with Crippen LogP contribution in [0.5, 0.6) is 0 Å². The molecule has 0 unspecified atom stereocenters. The number of carboxylic acids is 1. The molecule has 1 amide bonds. The zero-order chi connectivity index (χ0) is 15.4. The molecule has 0 aliphatic rings. The van der Waals surface area contributed by atoms with Crippen molar-refractivity contribution < 1.29 is 19.2 Å². The van der Waals surface area contributed by atoms with Gasteiger partial charge in [0.1, 0.15) is 0 Å². The van der Waals surface area contributed by atoms with Crippen molar-refractivity contribution in [2.45, 2.75) is 26.7 Å². The molecule has 1 aromatic carbocycles. The molecule has 1 heterocycles. The summed E-state index contributed by atoms with van der Waals surface area (Å²) in [4.78, 5) is 26.7. The standard InChI is InChI=1S/C14H15N3O4/c1-8-7-10(14(19)20)3-4-11(8)16-12(18)5-6-13-15-9(2)17-21-13/h3-4,7H,5-6H2,1-2H3,(H,16,18)(H,19,20). The molecule has 1 aromatic heterocycles. The first-order valence-electron chi connectivity index (χ1n) is 6.38. The van der Waals surface area contributed by atoms with Gasteiger partial charge in [0, 0.05) is 18.5 Å². The van der Waals surface area contributed by atoms with Gasteiger partial charge in [0.05, 0.1) is 5.56 Å². The number of rotatable bonds is 5. The van der Waals surface area contributed by atoms with Crippen LogP contribution in [0.3, 0.4) is 0 Å². The van der Waals surface area contributed by atoms with E-state index >= 15 is 0 Å². The zero-order valence-corrected chi connectivity index (χ0v) is 11.7. The SMILES string of the molecule is Cc1noc(CCC(=O)Nc2ccc(C(=O)O)cc2C)n1. The maximum atomic E-state index is 11.8. The molecular formula is C14H15N3O4. The van der Waals surface area contributed by atoms with Crippen LogP contribution < -0.4 is 5.32 Å². The molecule has 21 heavy (non-hydrogen) atoms. The van der Waals surface area contributed by atoms with Crippen molar-refractivity contribution in [2.75, 3.05) is 5.32 Å². The van der Waals surface area contributed by atoms with E-state index in [1.54, 1.807) is 19.9 Å². The van der Waals surface area contributed by atoms with Crippen molar-refractivity contribution in [2.24, 2.45) is 0 Å². The van der Waals surface area contributed by atoms with E-state index in [4.69, 9.17) is 9.63 Å². The number of aromatic nitrogens is 2. The Morgan fingerprint density at radius 2 is 2.10 bits per heavy atom. The fraction of sp³-hybridized carbons (Fsp3) is 0.286. The van der Waals surface area contributed by atoms with E-state index in [-0.39, 0.29) is 17.9 Å². The molecule has 2 rings (SSSR count). The zero-order valence-electron chi connectivity index (χ0n) is 11.7. The second kappa shape index (κ2) is 6.17. The summed E-state index contributed by atoms with van der Waals surface area (Å²) >= 11 is 0. The molecule has 110 valence electrons. The van der Waals surface area contributed by atoms with Gasteiger partial charge in [-0.25, -0.2) is 4.79 Å². The van der Waals surface area contributed by atoms with Crippen molar-refractivity contribution >= 4 is 17.6 Å². The molecule has 0 aliphatic heterocycles. The maximum Gasteiger partial charge on any atom is 0.335 e. The minimum absolute atomic E-state index is 0.187. The fourth-order valence-electron chi connectivity index (χ4n) is 1.81. The fourth-order valence-corrected chi connectivity index (χ4v) is 1.81. The lowest BCUT2D eigenvalue weighted by molar-refractivity contribution is -0.116. The summed E-state index contributed by atoms with van der Waals surface area (Å²) in [5, 5.41) is 15.3. The highest BCUT2D eigenvalue weighted by Gasteiger charge is 2.10. The monoisotopic (exact) mass is 289 g/mol. The highest BCUT2D eigenvalue weighted by atomic mass is 16.5. The summed E-state index contributed by atoms with van der Waals surface area (Å²) < 4.78 is 4.92. The van der Waals surface area contributed by atoms with Gasteiger partial charge in [0.2, 0.25) is 11.8 Å². The summed E-state index contributed by atoms with van der Waals surface area (Å²) in [7, 11) is 0. The Kier molecular flexibility index (Phi) is 4.32. The Balaban J connectivity index is 1.94. The molecule has 0 aliphatic carbocycles. The summed E-state index contributed by atoms with van der Waals surface area (Å²) in [6.07, 6.45) is 0.570. The van der Waals surface area contributed by atoms with Gasteiger partial charge in [-0.1, -0.05) is 5.16 Å². The second-order valence-electron chi connectivity index (χ2n) is 4.62. The van der Waals surface area contributed by atoms with Crippen LogP contribution in [0.4, 0.5) is 5.69 Å². The topological polar surface area (TPSA) is 105 Å². The lowest BCUT2D eigenvalue weighted by Gasteiger charge is -2.08. The van der Waals surface area contributed by atoms with Crippen molar-refractivity contribution in [1.82, 2.24) is 10.1 Å². The largest absolute Gasteiger partial charge is 0.478 e. The predicted octanol–water partition coefficient (Wildman–Crippen LogP) is 1.96. The van der Waals surface area contributed by atoms with Crippen LogP contribution in [0.2, 0.25) is 0 Å². The number of nitrogens with zero attached hydrogens (tertiary/aromatic N) is 2. The third-order valence-electron chi connectivity index (χ3n) is 2.88. The van der Waals surface area contributed by atoms with Crippen molar-refractivity contribution in [1.29, 1.82) is 0 Å². The maximum absolute atomic E-state index is 11.8. The van der Waals surface area contributed by atoms with Gasteiger partial charge < -0.3 is 14.9 Å². The van der Waals surface area contributed by atoms with Gasteiger partial charge in [0.15, 0.2) is 5.82 Å². The minimum atomic E-state index is -0.997. The van der Waals surface area contributed by atoms with Crippen LogP contribution in [0.15, 0.2) is 22.7 Å². The first kappa shape index (κ1) is 14.7. The Labute approximate surface area is 121 Å². The highest BCUT2D eigenvalue weighted by Crippen LogP contribution is 2.17. The van der Waals surface area contributed by atoms with Crippen molar-refractivity contribution in [3.05, 3.63) is 41.0 Å². The Morgan fingerprint density at radius 1 is 1.33 bits per heavy atom. The summed E-state index contributed by atoms with van der Waals surface area (Å²) in [6.45, 7) is 3.45. The Bertz CT molecular complexity index is 679. The number of carboxylic acid groups (broad SMARTS) is 1. The quantitative estimate of drug-likeness (QED) is 0.871. The summed E-state index contributed by atoms with van der Waals surface area (Å²) in [5.41, 5.74) is 1.47. The molecule has 0 saturated carbocycles. The number of carbonyl (C=O) groups excluding carboxylic acids is 1. The van der Waals surface area contributed by atoms with E-state index in [2.05, 4.69) is 15.5 Å². The average Bonchev–Trinajstić information content (AvgIpc) is 2.84. The number of amides is 1.